The number of benzene rings is 7. The monoisotopic (exact) mass is 662 g/mol. The number of hydrogen-bond acceptors (Lipinski definition) is 2. The molecule has 0 amide bonds. The lowest BCUT2D eigenvalue weighted by atomic mass is 9.99. The van der Waals surface area contributed by atoms with Gasteiger partial charge in [-0.2, -0.15) is 5.26 Å². The van der Waals surface area contributed by atoms with Crippen LogP contribution in [0.5, 0.6) is 0 Å². The van der Waals surface area contributed by atoms with E-state index in [9.17, 15) is 5.26 Å². The smallest absolute Gasteiger partial charge is 0.101 e. The topological polar surface area (TPSA) is 46.5 Å². The lowest BCUT2D eigenvalue weighted by molar-refractivity contribution is 1.17. The molecule has 4 heteroatoms. The van der Waals surface area contributed by atoms with Gasteiger partial charge >= 0.3 is 0 Å². The Kier molecular flexibility index (Phi) is 6.84. The number of nitrogens with zero attached hydrogens (tertiary/aromatic N) is 4. The van der Waals surface area contributed by atoms with Crippen LogP contribution in [0.4, 0.5) is 0 Å². The molecule has 0 saturated carbocycles. The lowest BCUT2D eigenvalue weighted by Gasteiger charge is -2.14. The maximum Gasteiger partial charge on any atom is 0.101 e. The molecule has 242 valence electrons. The quantitative estimate of drug-likeness (QED) is 0.184. The summed E-state index contributed by atoms with van der Waals surface area (Å²) < 4.78 is 4.64. The molecule has 0 N–H and O–H groups in total. The van der Waals surface area contributed by atoms with Gasteiger partial charge in [0.25, 0.3) is 0 Å². The van der Waals surface area contributed by atoms with Gasteiger partial charge < -0.3 is 9.13 Å². The van der Waals surface area contributed by atoms with Crippen LogP contribution in [0.25, 0.3) is 88.6 Å². The third kappa shape index (κ3) is 4.65. The van der Waals surface area contributed by atoms with Crippen molar-refractivity contribution >= 4 is 43.6 Å². The van der Waals surface area contributed by atoms with E-state index in [1.165, 1.54) is 5.39 Å². The van der Waals surface area contributed by atoms with Gasteiger partial charge in [0.15, 0.2) is 0 Å². The van der Waals surface area contributed by atoms with E-state index in [0.717, 1.165) is 83.2 Å². The van der Waals surface area contributed by atoms with Crippen LogP contribution in [-0.2, 0) is 0 Å². The van der Waals surface area contributed by atoms with E-state index >= 15 is 0 Å². The molecule has 0 aliphatic carbocycles. The average molecular weight is 663 g/mol. The highest BCUT2D eigenvalue weighted by Gasteiger charge is 2.22. The van der Waals surface area contributed by atoms with E-state index in [-0.39, 0.29) is 0 Å². The third-order valence-corrected chi connectivity index (χ3v) is 10.1. The third-order valence-electron chi connectivity index (χ3n) is 10.1. The fraction of sp³-hybridized carbons (Fsp3) is 0. The van der Waals surface area contributed by atoms with Crippen molar-refractivity contribution in [3.05, 3.63) is 188 Å². The van der Waals surface area contributed by atoms with Gasteiger partial charge in [0, 0.05) is 38.4 Å². The first-order valence-corrected chi connectivity index (χ1v) is 17.5. The minimum atomic E-state index is 0.581. The first-order valence-electron chi connectivity index (χ1n) is 17.5. The Morgan fingerprint density at radius 2 is 1.02 bits per heavy atom. The molecular weight excluding hydrogens is 633 g/mol. The molecule has 0 atom stereocenters. The Labute approximate surface area is 300 Å². The highest BCUT2D eigenvalue weighted by molar-refractivity contribution is 6.26. The van der Waals surface area contributed by atoms with E-state index < -0.39 is 0 Å². The Balaban J connectivity index is 1.24. The predicted octanol–water partition coefficient (Wildman–Crippen LogP) is 12.1. The summed E-state index contributed by atoms with van der Waals surface area (Å²) in [4.78, 5) is 5.15. The van der Waals surface area contributed by atoms with E-state index in [1.807, 2.05) is 30.3 Å². The number of pyridine rings is 1. The molecule has 0 bridgehead atoms. The second kappa shape index (κ2) is 12.0. The first kappa shape index (κ1) is 29.7. The summed E-state index contributed by atoms with van der Waals surface area (Å²) in [5, 5.41) is 15.5. The summed E-state index contributed by atoms with van der Waals surface area (Å²) in [6.45, 7) is 0. The zero-order valence-electron chi connectivity index (χ0n) is 28.1. The zero-order chi connectivity index (χ0) is 34.6. The van der Waals surface area contributed by atoms with Crippen LogP contribution in [0.1, 0.15) is 5.56 Å². The molecule has 0 aliphatic rings. The summed E-state index contributed by atoms with van der Waals surface area (Å²) in [5.74, 6) is 0. The number of hydrogen-bond donors (Lipinski definition) is 0. The van der Waals surface area contributed by atoms with Gasteiger partial charge in [-0.25, -0.2) is 4.98 Å². The van der Waals surface area contributed by atoms with Gasteiger partial charge in [0.1, 0.15) is 6.07 Å². The highest BCUT2D eigenvalue weighted by Crippen LogP contribution is 2.42. The van der Waals surface area contributed by atoms with Crippen molar-refractivity contribution in [2.24, 2.45) is 0 Å². The molecular formula is C48H30N4. The Hall–Kier alpha value is -7.22. The van der Waals surface area contributed by atoms with Crippen LogP contribution in [0, 0.1) is 11.3 Å². The number of fused-ring (bicyclic) bond motifs is 7. The van der Waals surface area contributed by atoms with Crippen molar-refractivity contribution in [3.8, 4) is 51.1 Å². The summed E-state index contributed by atoms with van der Waals surface area (Å²) in [5.41, 5.74) is 12.8. The largest absolute Gasteiger partial charge is 0.309 e. The van der Waals surface area contributed by atoms with Gasteiger partial charge in [-0.05, 0) is 65.7 Å². The lowest BCUT2D eigenvalue weighted by Crippen LogP contribution is -1.99. The zero-order valence-corrected chi connectivity index (χ0v) is 28.1. The second-order valence-electron chi connectivity index (χ2n) is 13.1. The minimum Gasteiger partial charge on any atom is -0.309 e. The summed E-state index contributed by atoms with van der Waals surface area (Å²) in [7, 11) is 0. The Morgan fingerprint density at radius 3 is 1.73 bits per heavy atom. The van der Waals surface area contributed by atoms with E-state index in [1.54, 1.807) is 0 Å². The number of nitriles is 1. The molecule has 4 nitrogen and oxygen atoms in total. The summed E-state index contributed by atoms with van der Waals surface area (Å²) >= 11 is 0. The molecule has 0 radical (unpaired) electrons. The SMILES string of the molecule is N#Cc1cc(-c2cc(-c3ccccc3)cc(-c3ccccc3)n2)ccc1-n1c2ccccc2c2ccc3c(c4ccccc4n3-c3ccccc3)c21. The molecule has 52 heavy (non-hydrogen) atoms. The maximum atomic E-state index is 10.8. The van der Waals surface area contributed by atoms with Crippen molar-refractivity contribution in [2.75, 3.05) is 0 Å². The standard InChI is InChI=1S/C48H30N4/c49-31-36-28-34(42-30-35(32-14-4-1-5-15-32)29-41(50-42)33-16-6-2-7-17-33)24-26-43(36)52-44-22-12-10-20-38(44)39-25-27-46-47(48(39)52)40-21-11-13-23-45(40)51(46)37-18-8-3-9-19-37/h1-30H. The molecule has 0 spiro atoms. The average Bonchev–Trinajstić information content (AvgIpc) is 3.74. The van der Waals surface area contributed by atoms with Crippen LogP contribution in [0.15, 0.2) is 182 Å². The van der Waals surface area contributed by atoms with Gasteiger partial charge in [-0.15, -0.1) is 0 Å². The Morgan fingerprint density at radius 1 is 0.423 bits per heavy atom. The van der Waals surface area contributed by atoms with E-state index in [4.69, 9.17) is 4.98 Å². The van der Waals surface area contributed by atoms with Crippen molar-refractivity contribution in [3.63, 3.8) is 0 Å². The van der Waals surface area contributed by atoms with E-state index in [0.29, 0.717) is 5.56 Å². The van der Waals surface area contributed by atoms with Crippen LogP contribution >= 0.6 is 0 Å². The molecule has 3 aromatic heterocycles. The van der Waals surface area contributed by atoms with Crippen LogP contribution < -0.4 is 0 Å². The molecule has 3 heterocycles. The van der Waals surface area contributed by atoms with Gasteiger partial charge in [0.2, 0.25) is 0 Å². The molecule has 0 saturated heterocycles. The molecule has 0 aliphatic heterocycles. The Bertz CT molecular complexity index is 2940. The predicted molar refractivity (Wildman–Crippen MR) is 214 cm³/mol. The van der Waals surface area contributed by atoms with Gasteiger partial charge in [0.05, 0.1) is 44.7 Å². The van der Waals surface area contributed by atoms with Crippen molar-refractivity contribution in [1.82, 2.24) is 14.1 Å². The molecule has 7 aromatic carbocycles. The second-order valence-corrected chi connectivity index (χ2v) is 13.1. The summed E-state index contributed by atoms with van der Waals surface area (Å²) in [6.07, 6.45) is 0. The maximum absolute atomic E-state index is 10.8. The van der Waals surface area contributed by atoms with Crippen LogP contribution in [0.3, 0.4) is 0 Å². The molecule has 10 aromatic rings. The van der Waals surface area contributed by atoms with Crippen molar-refractivity contribution < 1.29 is 0 Å². The molecule has 0 fully saturated rings. The van der Waals surface area contributed by atoms with Crippen molar-refractivity contribution in [1.29, 1.82) is 5.26 Å². The normalized spacial score (nSPS) is 11.4. The van der Waals surface area contributed by atoms with E-state index in [2.05, 4.69) is 167 Å². The van der Waals surface area contributed by atoms with Crippen LogP contribution in [-0.4, -0.2) is 14.1 Å². The highest BCUT2D eigenvalue weighted by atomic mass is 15.0. The minimum absolute atomic E-state index is 0.581. The molecule has 10 rings (SSSR count). The number of para-hydroxylation sites is 3. The number of aromatic nitrogens is 3. The fourth-order valence-electron chi connectivity index (χ4n) is 7.83. The summed E-state index contributed by atoms with van der Waals surface area (Å²) in [6, 6.07) is 65.8. The molecule has 0 unspecified atom stereocenters. The number of rotatable bonds is 5. The fourth-order valence-corrected chi connectivity index (χ4v) is 7.83. The van der Waals surface area contributed by atoms with Gasteiger partial charge in [-0.3, -0.25) is 0 Å². The van der Waals surface area contributed by atoms with Gasteiger partial charge in [-0.1, -0.05) is 127 Å². The van der Waals surface area contributed by atoms with Crippen LogP contribution in [0.2, 0.25) is 0 Å². The first-order chi connectivity index (χ1) is 25.8. The van der Waals surface area contributed by atoms with Crippen molar-refractivity contribution in [2.45, 2.75) is 0 Å².